The third-order valence-electron chi connectivity index (χ3n) is 10.6. The molecule has 0 aliphatic carbocycles. The van der Waals surface area contributed by atoms with Crippen LogP contribution in [0.1, 0.15) is 129 Å². The van der Waals surface area contributed by atoms with Gasteiger partial charge in [-0.05, 0) is 68.9 Å². The minimum atomic E-state index is -0.0974. The van der Waals surface area contributed by atoms with Gasteiger partial charge in [0.1, 0.15) is 6.33 Å². The van der Waals surface area contributed by atoms with Crippen LogP contribution in [0, 0.1) is 12.1 Å². The van der Waals surface area contributed by atoms with Crippen LogP contribution in [0.5, 0.6) is 0 Å². The van der Waals surface area contributed by atoms with E-state index in [-0.39, 0.29) is 30.9 Å². The van der Waals surface area contributed by atoms with E-state index >= 15 is 0 Å². The van der Waals surface area contributed by atoms with Gasteiger partial charge in [-0.15, -0.1) is 54.1 Å². The van der Waals surface area contributed by atoms with Gasteiger partial charge in [-0.25, -0.2) is 9.97 Å². The van der Waals surface area contributed by atoms with E-state index in [9.17, 15) is 0 Å². The molecule has 58 heavy (non-hydrogen) atoms. The molecule has 0 N–H and O–H groups in total. The number of hydrogen-bond donors (Lipinski definition) is 0. The minimum absolute atomic E-state index is 0. The molecule has 0 saturated carbocycles. The van der Waals surface area contributed by atoms with E-state index in [2.05, 4.69) is 141 Å². The molecule has 1 radical (unpaired) electrons. The van der Waals surface area contributed by atoms with E-state index in [0.717, 1.165) is 61.2 Å². The van der Waals surface area contributed by atoms with E-state index in [0.29, 0.717) is 29.2 Å². The Balaban J connectivity index is 0.000000280. The zero-order chi connectivity index (χ0) is 40.8. The molecule has 0 fully saturated rings. The van der Waals surface area contributed by atoms with Gasteiger partial charge in [-0.1, -0.05) is 124 Å². The largest absolute Gasteiger partial charge is 0.498 e. The number of oxazole rings is 1. The van der Waals surface area contributed by atoms with Crippen molar-refractivity contribution >= 4 is 33.0 Å². The van der Waals surface area contributed by atoms with Gasteiger partial charge in [0.25, 0.3) is 0 Å². The summed E-state index contributed by atoms with van der Waals surface area (Å²) in [7, 11) is 0. The third-order valence-corrected chi connectivity index (χ3v) is 10.6. The number of hydrogen-bond acceptors (Lipinski definition) is 6. The van der Waals surface area contributed by atoms with Crippen molar-refractivity contribution in [3.05, 3.63) is 131 Å². The molecule has 0 saturated heterocycles. The molecular weight excluding hydrogens is 893 g/mol. The first-order valence-corrected chi connectivity index (χ1v) is 20.1. The molecule has 0 atom stereocenters. The molecule has 7 heteroatoms. The SMILES string of the molecule is CC(C)(C)c1ccc(-c2[c-]cccc2)nc1.CC(C)c1cc(C(C)C)c(-c2nc3c(ccc4c5cc[c-]c(-c6cc(C(C)(C)C)ncn6)c5oc43)o2)c(C(C)C)c1.[Ir]. The number of furan rings is 1. The first-order chi connectivity index (χ1) is 27.0. The fourth-order valence-electron chi connectivity index (χ4n) is 7.14. The predicted molar refractivity (Wildman–Crippen MR) is 235 cm³/mol. The number of nitrogens with zero attached hydrogens (tertiary/aromatic N) is 4. The molecule has 4 aromatic carbocycles. The fourth-order valence-corrected chi connectivity index (χ4v) is 7.14. The molecule has 6 nitrogen and oxygen atoms in total. The number of rotatable bonds is 6. The molecule has 0 unspecified atom stereocenters. The van der Waals surface area contributed by atoms with E-state index in [1.807, 2.05) is 54.7 Å². The maximum absolute atomic E-state index is 6.62. The molecule has 0 bridgehead atoms. The second-order valence-electron chi connectivity index (χ2n) is 18.0. The minimum Gasteiger partial charge on any atom is -0.498 e. The van der Waals surface area contributed by atoms with Crippen molar-refractivity contribution in [3.63, 3.8) is 0 Å². The van der Waals surface area contributed by atoms with Crippen molar-refractivity contribution in [2.75, 3.05) is 0 Å². The zero-order valence-corrected chi connectivity index (χ0v) is 38.2. The molecule has 0 amide bonds. The molecule has 0 spiro atoms. The summed E-state index contributed by atoms with van der Waals surface area (Å²) in [5, 5.41) is 2.00. The van der Waals surface area contributed by atoms with Gasteiger partial charge in [-0.3, -0.25) is 4.98 Å². The predicted octanol–water partition coefficient (Wildman–Crippen LogP) is 14.2. The Hall–Kier alpha value is -4.97. The number of benzene rings is 4. The van der Waals surface area contributed by atoms with Crippen molar-refractivity contribution in [2.24, 2.45) is 0 Å². The van der Waals surface area contributed by atoms with Crippen LogP contribution in [0.3, 0.4) is 0 Å². The van der Waals surface area contributed by atoms with Crippen LogP contribution in [0.2, 0.25) is 0 Å². The summed E-state index contributed by atoms with van der Waals surface area (Å²) >= 11 is 0. The normalized spacial score (nSPS) is 12.1. The van der Waals surface area contributed by atoms with Gasteiger partial charge in [-0.2, -0.15) is 0 Å². The maximum Gasteiger partial charge on any atom is 0.228 e. The summed E-state index contributed by atoms with van der Waals surface area (Å²) in [4.78, 5) is 18.7. The zero-order valence-electron chi connectivity index (χ0n) is 35.8. The molecule has 8 aromatic rings. The summed E-state index contributed by atoms with van der Waals surface area (Å²) in [5.41, 5.74) is 13.8. The van der Waals surface area contributed by atoms with Gasteiger partial charge in [0, 0.05) is 48.4 Å². The smallest absolute Gasteiger partial charge is 0.228 e. The van der Waals surface area contributed by atoms with Gasteiger partial charge in [0.15, 0.2) is 16.7 Å². The maximum atomic E-state index is 6.62. The first-order valence-electron chi connectivity index (χ1n) is 20.1. The standard InChI is InChI=1S/C36H38N3O2.C15H16N.Ir/c1-19(2)22-15-26(20(3)4)31(27(16-22)21(5)6)35-39-32-29(40-35)14-13-24-23-11-10-12-25(33(23)41-34(24)32)28-17-30(36(7,8)9)38-18-37-28;1-15(2,3)13-9-10-14(16-11-13)12-7-5-4-6-8-12;/h10-11,13-21H,1-9H3;4-7,9-11H,1-3H3;/q2*-1;. The van der Waals surface area contributed by atoms with Crippen LogP contribution < -0.4 is 0 Å². The molecular formula is C51H54IrN4O2-2. The Morgan fingerprint density at radius 3 is 1.91 bits per heavy atom. The summed E-state index contributed by atoms with van der Waals surface area (Å²) in [6, 6.07) is 33.4. The second kappa shape index (κ2) is 16.7. The summed E-state index contributed by atoms with van der Waals surface area (Å²) in [6.45, 7) is 26.5. The second-order valence-corrected chi connectivity index (χ2v) is 18.0. The number of pyridine rings is 1. The fraction of sp³-hybridized carbons (Fsp3) is 0.333. The van der Waals surface area contributed by atoms with Crippen LogP contribution in [0.25, 0.3) is 67.0 Å². The monoisotopic (exact) mass is 947 g/mol. The topological polar surface area (TPSA) is 77.8 Å². The van der Waals surface area contributed by atoms with Crippen LogP contribution in [-0.2, 0) is 30.9 Å². The molecule has 8 rings (SSSR count). The van der Waals surface area contributed by atoms with Crippen molar-refractivity contribution in [3.8, 4) is 34.0 Å². The van der Waals surface area contributed by atoms with Crippen molar-refractivity contribution < 1.29 is 28.9 Å². The average molecular weight is 947 g/mol. The van der Waals surface area contributed by atoms with Crippen molar-refractivity contribution in [1.29, 1.82) is 0 Å². The van der Waals surface area contributed by atoms with Gasteiger partial charge >= 0.3 is 0 Å². The molecule has 0 aliphatic heterocycles. The molecule has 301 valence electrons. The number of fused-ring (bicyclic) bond motifs is 5. The molecule has 0 aliphatic rings. The quantitative estimate of drug-likeness (QED) is 0.155. The number of aromatic nitrogens is 4. The van der Waals surface area contributed by atoms with Crippen LogP contribution in [0.4, 0.5) is 0 Å². The summed E-state index contributed by atoms with van der Waals surface area (Å²) in [6.07, 6.45) is 3.58. The van der Waals surface area contributed by atoms with Crippen LogP contribution in [0.15, 0.2) is 100 Å². The Kier molecular flexibility index (Phi) is 12.3. The Morgan fingerprint density at radius 2 is 1.33 bits per heavy atom. The molecule has 4 heterocycles. The van der Waals surface area contributed by atoms with E-state index in [1.54, 1.807) is 6.33 Å². The molecule has 4 aromatic heterocycles. The van der Waals surface area contributed by atoms with Gasteiger partial charge in [0.2, 0.25) is 5.89 Å². The Bertz CT molecular complexity index is 2650. The van der Waals surface area contributed by atoms with Crippen LogP contribution >= 0.6 is 0 Å². The average Bonchev–Trinajstić information content (AvgIpc) is 3.79. The van der Waals surface area contributed by atoms with Gasteiger partial charge < -0.3 is 13.8 Å². The summed E-state index contributed by atoms with van der Waals surface area (Å²) in [5.74, 6) is 1.74. The van der Waals surface area contributed by atoms with E-state index in [4.69, 9.17) is 13.8 Å². The Morgan fingerprint density at radius 1 is 0.621 bits per heavy atom. The van der Waals surface area contributed by atoms with Crippen LogP contribution in [-0.4, -0.2) is 19.9 Å². The van der Waals surface area contributed by atoms with Crippen molar-refractivity contribution in [1.82, 2.24) is 19.9 Å². The third kappa shape index (κ3) is 8.58. The van der Waals surface area contributed by atoms with E-state index < -0.39 is 0 Å². The van der Waals surface area contributed by atoms with E-state index in [1.165, 1.54) is 22.3 Å². The summed E-state index contributed by atoms with van der Waals surface area (Å²) < 4.78 is 13.1. The Labute approximate surface area is 357 Å². The van der Waals surface area contributed by atoms with Crippen molar-refractivity contribution in [2.45, 2.75) is 112 Å². The first kappa shape index (κ1) is 42.6. The van der Waals surface area contributed by atoms with Gasteiger partial charge in [0.05, 0.1) is 5.58 Å².